The molecule has 2 heterocycles. The van der Waals surface area contributed by atoms with Crippen molar-refractivity contribution in [1.82, 2.24) is 20.4 Å². The summed E-state index contributed by atoms with van der Waals surface area (Å²) in [6, 6.07) is 3.90. The molecule has 2 rings (SSSR count). The second kappa shape index (κ2) is 7.93. The Balaban J connectivity index is 1.68. The number of carbonyl (C=O) groups excluding carboxylic acids is 1. The van der Waals surface area contributed by atoms with Crippen LogP contribution in [0, 0.1) is 5.92 Å². The molecule has 0 aliphatic carbocycles. The van der Waals surface area contributed by atoms with Gasteiger partial charge in [0.15, 0.2) is 5.82 Å². The molecule has 6 heteroatoms. The number of rotatable bonds is 6. The Morgan fingerprint density at radius 2 is 2.19 bits per heavy atom. The zero-order chi connectivity index (χ0) is 15.1. The zero-order valence-corrected chi connectivity index (χ0v) is 13.0. The van der Waals surface area contributed by atoms with E-state index in [4.69, 9.17) is 0 Å². The monoisotopic (exact) mass is 291 g/mol. The van der Waals surface area contributed by atoms with Crippen molar-refractivity contribution >= 4 is 11.7 Å². The van der Waals surface area contributed by atoms with Crippen molar-refractivity contribution in [2.45, 2.75) is 19.3 Å². The number of anilines is 1. The molecule has 0 spiro atoms. The molecule has 6 nitrogen and oxygen atoms in total. The summed E-state index contributed by atoms with van der Waals surface area (Å²) in [7, 11) is 4.02. The molecule has 1 saturated heterocycles. The van der Waals surface area contributed by atoms with Gasteiger partial charge in [-0.25, -0.2) is 0 Å². The van der Waals surface area contributed by atoms with Crippen molar-refractivity contribution in [2.75, 3.05) is 45.2 Å². The van der Waals surface area contributed by atoms with Gasteiger partial charge in [-0.15, -0.1) is 5.10 Å². The minimum atomic E-state index is 0.176. The summed E-state index contributed by atoms with van der Waals surface area (Å²) in [5.74, 6) is 1.60. The molecule has 0 atom stereocenters. The molecular formula is C15H25N5O. The Kier molecular flexibility index (Phi) is 5.92. The highest BCUT2D eigenvalue weighted by molar-refractivity contribution is 5.76. The molecule has 1 fully saturated rings. The minimum Gasteiger partial charge on any atom is -0.355 e. The molecule has 1 N–H and O–H groups in total. The molecule has 0 unspecified atom stereocenters. The van der Waals surface area contributed by atoms with Crippen LogP contribution in [0.15, 0.2) is 18.3 Å². The molecule has 0 radical (unpaired) electrons. The molecule has 1 aliphatic heterocycles. The van der Waals surface area contributed by atoms with Crippen LogP contribution >= 0.6 is 0 Å². The van der Waals surface area contributed by atoms with E-state index in [0.29, 0.717) is 12.3 Å². The van der Waals surface area contributed by atoms with Crippen molar-refractivity contribution in [2.24, 2.45) is 5.92 Å². The Hall–Kier alpha value is -1.69. The molecule has 1 amide bonds. The number of amides is 1. The van der Waals surface area contributed by atoms with Crippen molar-refractivity contribution in [1.29, 1.82) is 0 Å². The topological polar surface area (TPSA) is 61.4 Å². The maximum absolute atomic E-state index is 11.9. The van der Waals surface area contributed by atoms with E-state index in [1.165, 1.54) is 0 Å². The number of hydrogen-bond acceptors (Lipinski definition) is 5. The van der Waals surface area contributed by atoms with E-state index in [2.05, 4.69) is 25.3 Å². The Morgan fingerprint density at radius 1 is 1.43 bits per heavy atom. The lowest BCUT2D eigenvalue weighted by Gasteiger charge is -2.32. The van der Waals surface area contributed by atoms with Gasteiger partial charge in [-0.1, -0.05) is 0 Å². The van der Waals surface area contributed by atoms with E-state index < -0.39 is 0 Å². The highest BCUT2D eigenvalue weighted by atomic mass is 16.1. The van der Waals surface area contributed by atoms with Gasteiger partial charge in [-0.05, 0) is 45.0 Å². The summed E-state index contributed by atoms with van der Waals surface area (Å²) in [4.78, 5) is 16.2. The van der Waals surface area contributed by atoms with E-state index in [9.17, 15) is 4.79 Å². The molecule has 1 aromatic heterocycles. The quantitative estimate of drug-likeness (QED) is 0.838. The van der Waals surface area contributed by atoms with Crippen molar-refractivity contribution < 1.29 is 4.79 Å². The molecule has 1 aromatic rings. The number of aromatic nitrogens is 2. The van der Waals surface area contributed by atoms with Crippen molar-refractivity contribution in [3.8, 4) is 0 Å². The zero-order valence-electron chi connectivity index (χ0n) is 13.0. The summed E-state index contributed by atoms with van der Waals surface area (Å²) in [5, 5.41) is 11.0. The summed E-state index contributed by atoms with van der Waals surface area (Å²) in [6.07, 6.45) is 4.41. The third-order valence-corrected chi connectivity index (χ3v) is 3.85. The lowest BCUT2D eigenvalue weighted by atomic mass is 9.93. The van der Waals surface area contributed by atoms with Crippen LogP contribution in [0.3, 0.4) is 0 Å². The Labute approximate surface area is 126 Å². The van der Waals surface area contributed by atoms with E-state index in [-0.39, 0.29) is 5.91 Å². The van der Waals surface area contributed by atoms with Crippen LogP contribution in [0.4, 0.5) is 5.82 Å². The van der Waals surface area contributed by atoms with Crippen molar-refractivity contribution in [3.05, 3.63) is 18.3 Å². The van der Waals surface area contributed by atoms with Gasteiger partial charge in [0.05, 0.1) is 0 Å². The van der Waals surface area contributed by atoms with Crippen molar-refractivity contribution in [3.63, 3.8) is 0 Å². The number of nitrogens with zero attached hydrogens (tertiary/aromatic N) is 4. The smallest absolute Gasteiger partial charge is 0.220 e. The van der Waals surface area contributed by atoms with Crippen LogP contribution in [0.1, 0.15) is 19.3 Å². The van der Waals surface area contributed by atoms with Crippen LogP contribution in [-0.4, -0.2) is 61.3 Å². The van der Waals surface area contributed by atoms with Gasteiger partial charge in [0, 0.05) is 38.8 Å². The SMILES string of the molecule is CN(C)CCNC(=O)CC1CCN(c2cccnn2)CC1. The number of piperidine rings is 1. The second-order valence-corrected chi connectivity index (χ2v) is 5.87. The first-order valence-corrected chi connectivity index (χ1v) is 7.59. The Bertz CT molecular complexity index is 429. The lowest BCUT2D eigenvalue weighted by molar-refractivity contribution is -0.122. The molecular weight excluding hydrogens is 266 g/mol. The van der Waals surface area contributed by atoms with Crippen LogP contribution in [0.2, 0.25) is 0 Å². The Morgan fingerprint density at radius 3 is 2.81 bits per heavy atom. The fourth-order valence-electron chi connectivity index (χ4n) is 2.58. The van der Waals surface area contributed by atoms with E-state index in [1.807, 2.05) is 26.2 Å². The van der Waals surface area contributed by atoms with Crippen LogP contribution in [0.5, 0.6) is 0 Å². The molecule has 1 aliphatic rings. The fourth-order valence-corrected chi connectivity index (χ4v) is 2.58. The fraction of sp³-hybridized carbons (Fsp3) is 0.667. The number of likely N-dealkylation sites (N-methyl/N-ethyl adjacent to an activating group) is 1. The molecule has 0 saturated carbocycles. The summed E-state index contributed by atoms with van der Waals surface area (Å²) < 4.78 is 0. The van der Waals surface area contributed by atoms with Crippen LogP contribution in [-0.2, 0) is 4.79 Å². The molecule has 0 bridgehead atoms. The van der Waals surface area contributed by atoms with E-state index >= 15 is 0 Å². The average Bonchev–Trinajstić information content (AvgIpc) is 2.48. The molecule has 21 heavy (non-hydrogen) atoms. The first kappa shape index (κ1) is 15.7. The van der Waals surface area contributed by atoms with E-state index in [0.717, 1.165) is 44.8 Å². The standard InChI is InChI=1S/C15H25N5O/c1-19(2)11-8-16-15(21)12-13-5-9-20(10-6-13)14-4-3-7-17-18-14/h3-4,7,13H,5-6,8-12H2,1-2H3,(H,16,21). The van der Waals surface area contributed by atoms with Crippen LogP contribution < -0.4 is 10.2 Å². The summed E-state index contributed by atoms with van der Waals surface area (Å²) in [5.41, 5.74) is 0. The third kappa shape index (κ3) is 5.30. The van der Waals surface area contributed by atoms with E-state index in [1.54, 1.807) is 6.20 Å². The van der Waals surface area contributed by atoms with Gasteiger partial charge in [0.1, 0.15) is 0 Å². The highest BCUT2D eigenvalue weighted by Crippen LogP contribution is 2.23. The molecule has 116 valence electrons. The second-order valence-electron chi connectivity index (χ2n) is 5.87. The third-order valence-electron chi connectivity index (χ3n) is 3.85. The minimum absolute atomic E-state index is 0.176. The average molecular weight is 291 g/mol. The normalized spacial score (nSPS) is 16.2. The van der Waals surface area contributed by atoms with Gasteiger partial charge in [0.25, 0.3) is 0 Å². The largest absolute Gasteiger partial charge is 0.355 e. The van der Waals surface area contributed by atoms with Gasteiger partial charge in [-0.2, -0.15) is 5.10 Å². The highest BCUT2D eigenvalue weighted by Gasteiger charge is 2.22. The maximum atomic E-state index is 11.9. The summed E-state index contributed by atoms with van der Waals surface area (Å²) in [6.45, 7) is 3.52. The molecule has 0 aromatic carbocycles. The maximum Gasteiger partial charge on any atom is 0.220 e. The first-order chi connectivity index (χ1) is 10.1. The number of hydrogen-bond donors (Lipinski definition) is 1. The lowest BCUT2D eigenvalue weighted by Crippen LogP contribution is -2.37. The predicted octanol–water partition coefficient (Wildman–Crippen LogP) is 0.761. The van der Waals surface area contributed by atoms with Gasteiger partial charge in [0.2, 0.25) is 5.91 Å². The van der Waals surface area contributed by atoms with Gasteiger partial charge < -0.3 is 15.1 Å². The summed E-state index contributed by atoms with van der Waals surface area (Å²) >= 11 is 0. The van der Waals surface area contributed by atoms with Crippen LogP contribution in [0.25, 0.3) is 0 Å². The van der Waals surface area contributed by atoms with Gasteiger partial charge >= 0.3 is 0 Å². The predicted molar refractivity (Wildman–Crippen MR) is 83.1 cm³/mol. The number of carbonyl (C=O) groups is 1. The van der Waals surface area contributed by atoms with Gasteiger partial charge in [-0.3, -0.25) is 4.79 Å². The number of nitrogens with one attached hydrogen (secondary N) is 1. The first-order valence-electron chi connectivity index (χ1n) is 7.59.